The molecule has 1 aromatic rings. The minimum Gasteiger partial charge on any atom is -0.378 e. The van der Waals surface area contributed by atoms with Crippen molar-refractivity contribution in [3.8, 4) is 6.07 Å². The molecule has 34 heavy (non-hydrogen) atoms. The summed E-state index contributed by atoms with van der Waals surface area (Å²) in [4.78, 5) is 39.4. The van der Waals surface area contributed by atoms with E-state index in [2.05, 4.69) is 10.6 Å². The van der Waals surface area contributed by atoms with Gasteiger partial charge in [-0.1, -0.05) is 23.7 Å². The monoisotopic (exact) mass is 494 g/mol. The van der Waals surface area contributed by atoms with E-state index in [4.69, 9.17) is 11.6 Å². The molecule has 1 saturated carbocycles. The molecule has 182 valence electrons. The van der Waals surface area contributed by atoms with Crippen LogP contribution >= 0.6 is 11.6 Å². The van der Waals surface area contributed by atoms with Crippen molar-refractivity contribution in [3.05, 3.63) is 34.9 Å². The fraction of sp³-hybridized carbons (Fsp3) is 0.565. The third-order valence-corrected chi connectivity index (χ3v) is 7.25. The van der Waals surface area contributed by atoms with Crippen LogP contribution < -0.4 is 10.6 Å². The fourth-order valence-corrected chi connectivity index (χ4v) is 5.54. The fourth-order valence-electron chi connectivity index (χ4n) is 5.34. The number of hydrogen-bond acceptors (Lipinski definition) is 5. The predicted molar refractivity (Wildman–Crippen MR) is 116 cm³/mol. The number of aliphatic hydroxyl groups is 1. The molecule has 3 heterocycles. The van der Waals surface area contributed by atoms with Gasteiger partial charge in [-0.25, -0.2) is 8.78 Å². The van der Waals surface area contributed by atoms with E-state index in [0.717, 1.165) is 4.90 Å². The molecule has 0 radical (unpaired) electrons. The van der Waals surface area contributed by atoms with Gasteiger partial charge >= 0.3 is 0 Å². The third-order valence-electron chi connectivity index (χ3n) is 7.01. The van der Waals surface area contributed by atoms with Crippen molar-refractivity contribution in [1.29, 1.82) is 5.26 Å². The van der Waals surface area contributed by atoms with Crippen LogP contribution in [-0.4, -0.2) is 58.3 Å². The third kappa shape index (κ3) is 4.59. The van der Waals surface area contributed by atoms with E-state index in [-0.39, 0.29) is 35.8 Å². The Balaban J connectivity index is 1.58. The first-order valence-electron chi connectivity index (χ1n) is 11.2. The lowest BCUT2D eigenvalue weighted by molar-refractivity contribution is -0.198. The summed E-state index contributed by atoms with van der Waals surface area (Å²) in [7, 11) is 0. The maximum Gasteiger partial charge on any atom is 0.256 e. The highest BCUT2D eigenvalue weighted by Gasteiger charge is 2.61. The Morgan fingerprint density at radius 2 is 2.12 bits per heavy atom. The van der Waals surface area contributed by atoms with Crippen LogP contribution in [-0.2, 0) is 14.4 Å². The van der Waals surface area contributed by atoms with E-state index in [9.17, 15) is 33.5 Å². The molecule has 6 atom stereocenters. The second-order valence-electron chi connectivity index (χ2n) is 9.15. The van der Waals surface area contributed by atoms with Gasteiger partial charge in [0.25, 0.3) is 11.8 Å². The highest BCUT2D eigenvalue weighted by molar-refractivity contribution is 6.30. The molecule has 8 nitrogen and oxygen atoms in total. The molecule has 2 bridgehead atoms. The number of nitrogens with one attached hydrogen (secondary N) is 2. The van der Waals surface area contributed by atoms with Gasteiger partial charge in [0.2, 0.25) is 11.8 Å². The molecule has 5 rings (SSSR count). The molecular formula is C23H25ClF2N4O4. The van der Waals surface area contributed by atoms with Crippen LogP contribution in [0.4, 0.5) is 8.78 Å². The van der Waals surface area contributed by atoms with Gasteiger partial charge in [0, 0.05) is 29.9 Å². The van der Waals surface area contributed by atoms with Crippen molar-refractivity contribution >= 4 is 29.3 Å². The van der Waals surface area contributed by atoms with Crippen LogP contribution in [0, 0.1) is 23.2 Å². The molecule has 4 aliphatic rings. The Hall–Kier alpha value is -2.77. The first-order valence-corrected chi connectivity index (χ1v) is 11.6. The van der Waals surface area contributed by atoms with Crippen molar-refractivity contribution in [1.82, 2.24) is 15.5 Å². The summed E-state index contributed by atoms with van der Waals surface area (Å²) in [6, 6.07) is 4.35. The van der Waals surface area contributed by atoms with Crippen LogP contribution in [0.1, 0.15) is 43.8 Å². The molecule has 0 spiro atoms. The van der Waals surface area contributed by atoms with Crippen molar-refractivity contribution in [2.75, 3.05) is 6.54 Å². The summed E-state index contributed by atoms with van der Waals surface area (Å²) in [6.07, 6.45) is -1.41. The predicted octanol–water partition coefficient (Wildman–Crippen LogP) is 1.92. The Morgan fingerprint density at radius 1 is 1.35 bits per heavy atom. The number of benzene rings is 1. The average molecular weight is 495 g/mol. The van der Waals surface area contributed by atoms with Gasteiger partial charge in [-0.05, 0) is 43.4 Å². The summed E-state index contributed by atoms with van der Waals surface area (Å²) in [6.45, 7) is 0.470. The molecule has 3 N–H and O–H groups in total. The zero-order valence-electron chi connectivity index (χ0n) is 18.2. The van der Waals surface area contributed by atoms with Crippen LogP contribution in [0.5, 0.6) is 0 Å². The van der Waals surface area contributed by atoms with Gasteiger partial charge in [-0.3, -0.25) is 14.4 Å². The van der Waals surface area contributed by atoms with Crippen LogP contribution in [0.2, 0.25) is 5.02 Å². The molecule has 0 aromatic heterocycles. The SMILES string of the molecule is N#C[C@H](C[C@@H]1CCNC1=O)NC(=O)[C@@H]1[C@H]2CC[C@H](CC2(F)F)N1C(=O)[C@H](O)c1cccc(Cl)c1. The number of carbonyl (C=O) groups excluding carboxylic acids is 3. The van der Waals surface area contributed by atoms with Gasteiger partial charge in [-0.15, -0.1) is 0 Å². The minimum atomic E-state index is -3.17. The van der Waals surface area contributed by atoms with Crippen molar-refractivity contribution in [2.45, 2.75) is 62.3 Å². The van der Waals surface area contributed by atoms with Gasteiger partial charge in [0.1, 0.15) is 12.1 Å². The Morgan fingerprint density at radius 3 is 2.74 bits per heavy atom. The van der Waals surface area contributed by atoms with E-state index in [0.29, 0.717) is 13.0 Å². The van der Waals surface area contributed by atoms with Gasteiger partial charge in [0.05, 0.1) is 12.0 Å². The summed E-state index contributed by atoms with van der Waals surface area (Å²) in [5.41, 5.74) is 0.187. The zero-order valence-corrected chi connectivity index (χ0v) is 19.0. The number of aliphatic hydroxyl groups excluding tert-OH is 1. The largest absolute Gasteiger partial charge is 0.378 e. The standard InChI is InChI=1S/C23H25ClF2N4O4/c24-14-3-1-2-12(8-14)19(31)22(34)30-16-4-5-17(23(25,26)10-16)18(30)21(33)29-15(11-27)9-13-6-7-28-20(13)32/h1-3,8,13,15-19,31H,4-7,9-10H2,(H,28,32)(H,29,33)/t13-,15-,16+,17+,18-,19+/m0/s1. The number of fused-ring (bicyclic) bond motifs is 3. The Bertz CT molecular complexity index is 1030. The van der Waals surface area contributed by atoms with Crippen LogP contribution in [0.25, 0.3) is 0 Å². The summed E-state index contributed by atoms with van der Waals surface area (Å²) < 4.78 is 29.6. The highest BCUT2D eigenvalue weighted by atomic mass is 35.5. The number of nitrogens with zero attached hydrogens (tertiary/aromatic N) is 2. The summed E-state index contributed by atoms with van der Waals surface area (Å²) in [5.74, 6) is -7.05. The lowest BCUT2D eigenvalue weighted by atomic mass is 9.71. The Kier molecular flexibility index (Phi) is 6.78. The van der Waals surface area contributed by atoms with Crippen molar-refractivity contribution in [3.63, 3.8) is 0 Å². The maximum absolute atomic E-state index is 14.8. The number of halogens is 3. The van der Waals surface area contributed by atoms with Gasteiger partial charge in [-0.2, -0.15) is 5.26 Å². The van der Waals surface area contributed by atoms with Crippen LogP contribution in [0.3, 0.4) is 0 Å². The average Bonchev–Trinajstić information content (AvgIpc) is 3.20. The molecule has 3 saturated heterocycles. The van der Waals surface area contributed by atoms with Gasteiger partial charge in [0.15, 0.2) is 6.10 Å². The molecule has 1 aliphatic carbocycles. The van der Waals surface area contributed by atoms with Gasteiger partial charge < -0.3 is 20.6 Å². The maximum atomic E-state index is 14.8. The number of piperidine rings is 2. The number of carbonyl (C=O) groups is 3. The number of hydrogen-bond donors (Lipinski definition) is 3. The van der Waals surface area contributed by atoms with E-state index < -0.39 is 60.2 Å². The van der Waals surface area contributed by atoms with E-state index in [1.807, 2.05) is 6.07 Å². The van der Waals surface area contributed by atoms with Crippen molar-refractivity contribution < 1.29 is 28.3 Å². The topological polar surface area (TPSA) is 123 Å². The van der Waals surface area contributed by atoms with Crippen LogP contribution in [0.15, 0.2) is 24.3 Å². The zero-order chi connectivity index (χ0) is 24.6. The molecular weight excluding hydrogens is 470 g/mol. The normalized spacial score (nSPS) is 29.1. The molecule has 3 aliphatic heterocycles. The van der Waals surface area contributed by atoms with E-state index in [1.165, 1.54) is 12.1 Å². The van der Waals surface area contributed by atoms with E-state index >= 15 is 0 Å². The first-order chi connectivity index (χ1) is 16.1. The number of rotatable bonds is 6. The Labute approximate surface area is 200 Å². The smallest absolute Gasteiger partial charge is 0.256 e. The lowest BCUT2D eigenvalue weighted by Crippen LogP contribution is -2.69. The number of nitriles is 1. The lowest BCUT2D eigenvalue weighted by Gasteiger charge is -2.54. The number of alkyl halides is 2. The summed E-state index contributed by atoms with van der Waals surface area (Å²) in [5, 5.41) is 25.6. The van der Waals surface area contributed by atoms with E-state index in [1.54, 1.807) is 12.1 Å². The first kappa shape index (κ1) is 24.4. The molecule has 4 fully saturated rings. The second-order valence-corrected chi connectivity index (χ2v) is 9.59. The van der Waals surface area contributed by atoms with Crippen molar-refractivity contribution in [2.24, 2.45) is 11.8 Å². The highest BCUT2D eigenvalue weighted by Crippen LogP contribution is 2.49. The summed E-state index contributed by atoms with van der Waals surface area (Å²) >= 11 is 5.95. The quantitative estimate of drug-likeness (QED) is 0.557. The molecule has 0 unspecified atom stereocenters. The molecule has 3 amide bonds. The molecule has 11 heteroatoms. The molecule has 1 aromatic carbocycles. The number of amides is 3. The minimum absolute atomic E-state index is 0.0368. The second kappa shape index (κ2) is 9.47.